The van der Waals surface area contributed by atoms with Crippen LogP contribution in [0.4, 0.5) is 19.2 Å². The molecule has 0 amide bonds. The second-order valence-electron chi connectivity index (χ2n) is 8.84. The monoisotopic (exact) mass is 520 g/mol. The predicted molar refractivity (Wildman–Crippen MR) is 127 cm³/mol. The third-order valence-electron chi connectivity index (χ3n) is 5.70. The first-order valence-electron chi connectivity index (χ1n) is 11.7. The maximum absolute atomic E-state index is 12.3. The van der Waals surface area contributed by atoms with Crippen LogP contribution in [0.25, 0.3) is 0 Å². The average Bonchev–Trinajstić information content (AvgIpc) is 3.35. The number of ether oxygens (including phenoxy) is 2. The van der Waals surface area contributed by atoms with Gasteiger partial charge in [0.25, 0.3) is 5.88 Å². The molecule has 0 spiro atoms. The number of aromatic nitrogens is 4. The van der Waals surface area contributed by atoms with Gasteiger partial charge in [-0.05, 0) is 43.7 Å². The highest BCUT2D eigenvalue weighted by Crippen LogP contribution is 2.28. The summed E-state index contributed by atoms with van der Waals surface area (Å²) in [5.74, 6) is 1.17. The molecule has 37 heavy (non-hydrogen) atoms. The first-order valence-corrected chi connectivity index (χ1v) is 11.7. The zero-order chi connectivity index (χ0) is 26.6. The summed E-state index contributed by atoms with van der Waals surface area (Å²) in [6, 6.07) is 5.84. The maximum atomic E-state index is 12.3. The van der Waals surface area contributed by atoms with Gasteiger partial charge in [-0.15, -0.1) is 13.2 Å². The molecule has 3 aromatic rings. The van der Waals surface area contributed by atoms with Crippen LogP contribution in [0.2, 0.25) is 0 Å². The molecular weight excluding hydrogens is 493 g/mol. The van der Waals surface area contributed by atoms with Crippen LogP contribution in [-0.4, -0.2) is 51.4 Å². The predicted octanol–water partition coefficient (Wildman–Crippen LogP) is 5.04. The van der Waals surface area contributed by atoms with E-state index >= 15 is 0 Å². The topological polar surface area (TPSA) is 108 Å². The lowest BCUT2D eigenvalue weighted by atomic mass is 10.1. The lowest BCUT2D eigenvalue weighted by Crippen LogP contribution is -2.38. The highest BCUT2D eigenvalue weighted by Gasteiger charge is 2.31. The Hall–Kier alpha value is -3.90. The van der Waals surface area contributed by atoms with Gasteiger partial charge in [-0.1, -0.05) is 24.2 Å². The van der Waals surface area contributed by atoms with Crippen LogP contribution in [0.5, 0.6) is 17.5 Å². The van der Waals surface area contributed by atoms with Gasteiger partial charge in [0.2, 0.25) is 5.88 Å². The summed E-state index contributed by atoms with van der Waals surface area (Å²) in [4.78, 5) is 20.3. The Morgan fingerprint density at radius 3 is 2.41 bits per heavy atom. The van der Waals surface area contributed by atoms with Crippen molar-refractivity contribution in [3.05, 3.63) is 47.5 Å². The van der Waals surface area contributed by atoms with E-state index in [0.29, 0.717) is 47.6 Å². The molecule has 0 N–H and O–H groups in total. The third-order valence-corrected chi connectivity index (χ3v) is 5.70. The van der Waals surface area contributed by atoms with Crippen LogP contribution >= 0.6 is 0 Å². The Morgan fingerprint density at radius 1 is 1.11 bits per heavy atom. The highest BCUT2D eigenvalue weighted by atomic mass is 19.4. The number of rotatable bonds is 8. The van der Waals surface area contributed by atoms with Crippen molar-refractivity contribution in [2.24, 2.45) is 5.16 Å². The number of piperidine rings is 1. The number of halogens is 3. The van der Waals surface area contributed by atoms with Crippen molar-refractivity contribution in [2.45, 2.75) is 58.9 Å². The van der Waals surface area contributed by atoms with E-state index in [-0.39, 0.29) is 23.7 Å². The van der Waals surface area contributed by atoms with E-state index in [4.69, 9.17) is 14.1 Å². The molecule has 1 aliphatic heterocycles. The minimum absolute atomic E-state index is 0.0622. The number of alkyl halides is 3. The van der Waals surface area contributed by atoms with Gasteiger partial charge in [0.15, 0.2) is 5.82 Å². The Balaban J connectivity index is 1.34. The second kappa shape index (κ2) is 11.0. The summed E-state index contributed by atoms with van der Waals surface area (Å²) in [5, 5.41) is 8.07. The summed E-state index contributed by atoms with van der Waals surface area (Å²) in [6.45, 7) is 8.85. The fraction of sp³-hybridized carbons (Fsp3) is 0.458. The van der Waals surface area contributed by atoms with Gasteiger partial charge in [-0.25, -0.2) is 4.98 Å². The van der Waals surface area contributed by atoms with E-state index in [0.717, 1.165) is 12.8 Å². The molecule has 2 aromatic heterocycles. The van der Waals surface area contributed by atoms with Gasteiger partial charge < -0.3 is 23.7 Å². The van der Waals surface area contributed by atoms with Crippen molar-refractivity contribution in [3.63, 3.8) is 0 Å². The average molecular weight is 521 g/mol. The third kappa shape index (κ3) is 6.86. The van der Waals surface area contributed by atoms with Crippen LogP contribution in [0.15, 0.2) is 40.3 Å². The van der Waals surface area contributed by atoms with Crippen molar-refractivity contribution in [1.82, 2.24) is 20.1 Å². The van der Waals surface area contributed by atoms with E-state index in [9.17, 15) is 13.2 Å². The molecular formula is C24H27F3N6O4. The van der Waals surface area contributed by atoms with E-state index < -0.39 is 6.36 Å². The molecule has 0 atom stereocenters. The van der Waals surface area contributed by atoms with E-state index in [1.165, 1.54) is 30.6 Å². The maximum Gasteiger partial charge on any atom is 0.573 e. The zero-order valence-corrected chi connectivity index (χ0v) is 20.8. The van der Waals surface area contributed by atoms with Crippen molar-refractivity contribution in [1.29, 1.82) is 0 Å². The van der Waals surface area contributed by atoms with Crippen LogP contribution in [0.3, 0.4) is 0 Å². The quantitative estimate of drug-likeness (QED) is 0.298. The SMILES string of the molecule is C/C(=N/Oc1ncnc(OC2CCN(c3nc(C(C)C)no3)CC2)c1C)c1ccc(OC(F)(F)F)cc1. The molecule has 3 heterocycles. The molecule has 10 nitrogen and oxygen atoms in total. The smallest absolute Gasteiger partial charge is 0.474 e. The Labute approximate surface area is 211 Å². The Morgan fingerprint density at radius 2 is 1.78 bits per heavy atom. The van der Waals surface area contributed by atoms with Gasteiger partial charge in [0, 0.05) is 31.8 Å². The van der Waals surface area contributed by atoms with Crippen LogP contribution in [-0.2, 0) is 0 Å². The molecule has 0 aliphatic carbocycles. The van der Waals surface area contributed by atoms with Crippen molar-refractivity contribution in [2.75, 3.05) is 18.0 Å². The number of hydrogen-bond acceptors (Lipinski definition) is 10. The normalized spacial score (nSPS) is 15.2. The molecule has 0 saturated carbocycles. The highest BCUT2D eigenvalue weighted by molar-refractivity contribution is 5.98. The summed E-state index contributed by atoms with van der Waals surface area (Å²) >= 11 is 0. The largest absolute Gasteiger partial charge is 0.573 e. The van der Waals surface area contributed by atoms with Crippen molar-refractivity contribution >= 4 is 11.7 Å². The molecule has 198 valence electrons. The van der Waals surface area contributed by atoms with Crippen molar-refractivity contribution < 1.29 is 32.0 Å². The fourth-order valence-electron chi connectivity index (χ4n) is 3.60. The van der Waals surface area contributed by atoms with Gasteiger partial charge in [-0.2, -0.15) is 9.97 Å². The Kier molecular flexibility index (Phi) is 7.79. The summed E-state index contributed by atoms with van der Waals surface area (Å²) in [6.07, 6.45) is -2.00. The summed E-state index contributed by atoms with van der Waals surface area (Å²) in [5.41, 5.74) is 1.58. The number of anilines is 1. The Bertz CT molecular complexity index is 1220. The number of oxime groups is 1. The standard InChI is InChI=1S/C24H27F3N6O4/c1-14(2)20-30-23(37-32-20)33-11-9-18(10-12-33)34-21-15(3)22(29-13-28-21)36-31-16(4)17-5-7-19(8-6-17)35-24(25,26)27/h5-8,13-14,18H,9-12H2,1-4H3/b31-16-. The molecule has 0 radical (unpaired) electrons. The summed E-state index contributed by atoms with van der Waals surface area (Å²) < 4.78 is 52.4. The second-order valence-corrected chi connectivity index (χ2v) is 8.84. The van der Waals surface area contributed by atoms with Crippen molar-refractivity contribution in [3.8, 4) is 17.5 Å². The number of hydrogen-bond donors (Lipinski definition) is 0. The number of benzene rings is 1. The molecule has 1 fully saturated rings. The minimum Gasteiger partial charge on any atom is -0.474 e. The first kappa shape index (κ1) is 26.2. The van der Waals surface area contributed by atoms with E-state index in [1.54, 1.807) is 13.8 Å². The van der Waals surface area contributed by atoms with Crippen LogP contribution < -0.4 is 19.2 Å². The van der Waals surface area contributed by atoms with Crippen LogP contribution in [0.1, 0.15) is 56.5 Å². The van der Waals surface area contributed by atoms with E-state index in [1.807, 2.05) is 18.7 Å². The van der Waals surface area contributed by atoms with Gasteiger partial charge in [0.05, 0.1) is 11.3 Å². The summed E-state index contributed by atoms with van der Waals surface area (Å²) in [7, 11) is 0. The van der Waals surface area contributed by atoms with Crippen LogP contribution in [0, 0.1) is 6.92 Å². The first-order chi connectivity index (χ1) is 17.6. The molecule has 1 saturated heterocycles. The minimum atomic E-state index is -4.75. The molecule has 0 unspecified atom stereocenters. The van der Waals surface area contributed by atoms with Gasteiger partial charge in [-0.3, -0.25) is 0 Å². The molecule has 1 aliphatic rings. The zero-order valence-electron chi connectivity index (χ0n) is 20.8. The van der Waals surface area contributed by atoms with Gasteiger partial charge in [0.1, 0.15) is 18.2 Å². The van der Waals surface area contributed by atoms with Gasteiger partial charge >= 0.3 is 12.4 Å². The fourth-order valence-corrected chi connectivity index (χ4v) is 3.60. The molecule has 0 bridgehead atoms. The molecule has 13 heteroatoms. The lowest BCUT2D eigenvalue weighted by molar-refractivity contribution is -0.274. The molecule has 4 rings (SSSR count). The number of nitrogens with zero attached hydrogens (tertiary/aromatic N) is 6. The van der Waals surface area contributed by atoms with E-state index in [2.05, 4.69) is 30.0 Å². The molecule has 1 aromatic carbocycles. The lowest BCUT2D eigenvalue weighted by Gasteiger charge is -2.30.